The summed E-state index contributed by atoms with van der Waals surface area (Å²) in [4.78, 5) is 23.9. The Bertz CT molecular complexity index is 709. The first-order valence-corrected chi connectivity index (χ1v) is 6.00. The molecule has 0 atom stereocenters. The third kappa shape index (κ3) is 1.89. The number of carbonyl (C=O) groups excluding carboxylic acids is 2. The Balaban J connectivity index is 2.16. The Morgan fingerprint density at radius 1 is 1.10 bits per heavy atom. The van der Waals surface area contributed by atoms with Gasteiger partial charge in [0.05, 0.1) is 23.9 Å². The smallest absolute Gasteiger partial charge is 0.340 e. The number of para-hydroxylation sites is 2. The van der Waals surface area contributed by atoms with Crippen LogP contribution in [0.5, 0.6) is 11.5 Å². The van der Waals surface area contributed by atoms with E-state index < -0.39 is 5.97 Å². The molecule has 1 amide bonds. The summed E-state index contributed by atoms with van der Waals surface area (Å²) in [6.07, 6.45) is 0. The predicted octanol–water partition coefficient (Wildman–Crippen LogP) is 2.83. The number of anilines is 1. The fourth-order valence-corrected chi connectivity index (χ4v) is 2.07. The van der Waals surface area contributed by atoms with Crippen LogP contribution in [0.15, 0.2) is 42.5 Å². The van der Waals surface area contributed by atoms with Crippen molar-refractivity contribution in [2.45, 2.75) is 0 Å². The Kier molecular flexibility index (Phi) is 2.87. The van der Waals surface area contributed by atoms with Crippen LogP contribution in [0.1, 0.15) is 20.7 Å². The summed E-state index contributed by atoms with van der Waals surface area (Å²) in [6, 6.07) is 11.8. The zero-order valence-electron chi connectivity index (χ0n) is 10.7. The van der Waals surface area contributed by atoms with Crippen LogP contribution in [-0.2, 0) is 4.74 Å². The average molecular weight is 269 g/mol. The molecule has 0 bridgehead atoms. The lowest BCUT2D eigenvalue weighted by Gasteiger charge is -2.10. The quantitative estimate of drug-likeness (QED) is 0.808. The number of hydrogen-bond acceptors (Lipinski definition) is 4. The zero-order valence-corrected chi connectivity index (χ0v) is 10.7. The van der Waals surface area contributed by atoms with Gasteiger partial charge >= 0.3 is 5.97 Å². The number of ether oxygens (including phenoxy) is 2. The molecule has 0 saturated carbocycles. The first-order valence-electron chi connectivity index (χ1n) is 6.00. The number of amides is 1. The molecular formula is C15H11NO4. The van der Waals surface area contributed by atoms with Gasteiger partial charge in [-0.15, -0.1) is 0 Å². The lowest BCUT2D eigenvalue weighted by Crippen LogP contribution is -2.14. The van der Waals surface area contributed by atoms with Gasteiger partial charge in [-0.25, -0.2) is 4.79 Å². The summed E-state index contributed by atoms with van der Waals surface area (Å²) < 4.78 is 10.4. The van der Waals surface area contributed by atoms with E-state index in [9.17, 15) is 9.59 Å². The van der Waals surface area contributed by atoms with E-state index in [0.717, 1.165) is 0 Å². The van der Waals surface area contributed by atoms with Gasteiger partial charge in [0.15, 0.2) is 5.75 Å². The number of methoxy groups -OCH3 is 1. The molecule has 1 aliphatic rings. The number of esters is 1. The van der Waals surface area contributed by atoms with Gasteiger partial charge in [-0.1, -0.05) is 18.2 Å². The maximum atomic E-state index is 12.2. The van der Waals surface area contributed by atoms with E-state index in [1.807, 2.05) is 0 Å². The van der Waals surface area contributed by atoms with E-state index in [-0.39, 0.29) is 11.5 Å². The van der Waals surface area contributed by atoms with Crippen molar-refractivity contribution in [2.75, 3.05) is 12.4 Å². The maximum Gasteiger partial charge on any atom is 0.340 e. The number of rotatable bonds is 1. The van der Waals surface area contributed by atoms with Gasteiger partial charge in [-0.05, 0) is 24.3 Å². The molecule has 100 valence electrons. The fraction of sp³-hybridized carbons (Fsp3) is 0.0667. The number of benzene rings is 2. The Morgan fingerprint density at radius 3 is 2.65 bits per heavy atom. The molecule has 1 heterocycles. The van der Waals surface area contributed by atoms with E-state index in [1.165, 1.54) is 7.11 Å². The Hall–Kier alpha value is -2.82. The van der Waals surface area contributed by atoms with Gasteiger partial charge in [0.2, 0.25) is 0 Å². The largest absolute Gasteiger partial charge is 0.465 e. The summed E-state index contributed by atoms with van der Waals surface area (Å²) in [6.45, 7) is 0. The third-order valence-corrected chi connectivity index (χ3v) is 3.02. The second-order valence-electron chi connectivity index (χ2n) is 4.22. The van der Waals surface area contributed by atoms with E-state index in [4.69, 9.17) is 9.47 Å². The first kappa shape index (κ1) is 12.2. The first-order chi connectivity index (χ1) is 9.70. The van der Waals surface area contributed by atoms with Crippen molar-refractivity contribution in [3.8, 4) is 11.5 Å². The van der Waals surface area contributed by atoms with Crippen LogP contribution < -0.4 is 10.1 Å². The van der Waals surface area contributed by atoms with E-state index in [0.29, 0.717) is 22.7 Å². The van der Waals surface area contributed by atoms with Gasteiger partial charge in [0.1, 0.15) is 5.75 Å². The lowest BCUT2D eigenvalue weighted by molar-refractivity contribution is 0.0601. The molecule has 0 aliphatic carbocycles. The van der Waals surface area contributed by atoms with Crippen LogP contribution in [-0.4, -0.2) is 19.0 Å². The van der Waals surface area contributed by atoms with Crippen LogP contribution >= 0.6 is 0 Å². The van der Waals surface area contributed by atoms with Crippen molar-refractivity contribution in [2.24, 2.45) is 0 Å². The molecule has 0 spiro atoms. The molecule has 0 aromatic heterocycles. The molecule has 1 aliphatic heterocycles. The molecule has 0 fully saturated rings. The molecular weight excluding hydrogens is 258 g/mol. The highest BCUT2D eigenvalue weighted by molar-refractivity contribution is 6.11. The zero-order chi connectivity index (χ0) is 14.1. The van der Waals surface area contributed by atoms with Crippen molar-refractivity contribution in [3.63, 3.8) is 0 Å². The van der Waals surface area contributed by atoms with Crippen molar-refractivity contribution in [1.82, 2.24) is 0 Å². The van der Waals surface area contributed by atoms with Crippen molar-refractivity contribution in [3.05, 3.63) is 53.6 Å². The van der Waals surface area contributed by atoms with Gasteiger partial charge in [-0.2, -0.15) is 0 Å². The highest BCUT2D eigenvalue weighted by Gasteiger charge is 2.24. The van der Waals surface area contributed by atoms with Gasteiger partial charge in [0, 0.05) is 0 Å². The van der Waals surface area contributed by atoms with E-state index in [1.54, 1.807) is 42.5 Å². The predicted molar refractivity (Wildman–Crippen MR) is 72.3 cm³/mol. The van der Waals surface area contributed by atoms with Crippen LogP contribution in [0.25, 0.3) is 0 Å². The highest BCUT2D eigenvalue weighted by Crippen LogP contribution is 2.37. The van der Waals surface area contributed by atoms with Gasteiger partial charge in [0.25, 0.3) is 5.91 Å². The second kappa shape index (κ2) is 4.70. The van der Waals surface area contributed by atoms with Crippen LogP contribution in [0, 0.1) is 0 Å². The molecule has 3 rings (SSSR count). The minimum Gasteiger partial charge on any atom is -0.465 e. The highest BCUT2D eigenvalue weighted by atomic mass is 16.5. The van der Waals surface area contributed by atoms with Crippen molar-refractivity contribution in [1.29, 1.82) is 0 Å². The summed E-state index contributed by atoms with van der Waals surface area (Å²) in [5.41, 5.74) is 0.992. The normalized spacial score (nSPS) is 12.3. The van der Waals surface area contributed by atoms with Crippen molar-refractivity contribution >= 4 is 17.6 Å². The SMILES string of the molecule is COC(=O)c1cccc2c1NC(=O)c1ccccc1O2. The standard InChI is InChI=1S/C15H11NO4/c1-19-15(18)10-6-4-8-12-13(10)16-14(17)9-5-2-3-7-11(9)20-12/h2-8H,1H3,(H,16,17). The molecule has 2 aromatic carbocycles. The fourth-order valence-electron chi connectivity index (χ4n) is 2.07. The average Bonchev–Trinajstić information content (AvgIpc) is 2.62. The number of fused-ring (bicyclic) bond motifs is 2. The molecule has 2 aromatic rings. The molecule has 5 nitrogen and oxygen atoms in total. The molecule has 0 unspecified atom stereocenters. The molecule has 0 radical (unpaired) electrons. The van der Waals surface area contributed by atoms with E-state index in [2.05, 4.69) is 5.32 Å². The molecule has 20 heavy (non-hydrogen) atoms. The number of nitrogens with one attached hydrogen (secondary N) is 1. The lowest BCUT2D eigenvalue weighted by atomic mass is 10.1. The summed E-state index contributed by atoms with van der Waals surface area (Å²) in [5.74, 6) is 0.00405. The Morgan fingerprint density at radius 2 is 1.85 bits per heavy atom. The summed E-state index contributed by atoms with van der Waals surface area (Å²) >= 11 is 0. The van der Waals surface area contributed by atoms with Gasteiger partial charge in [-0.3, -0.25) is 4.79 Å². The summed E-state index contributed by atoms with van der Waals surface area (Å²) in [5, 5.41) is 2.70. The van der Waals surface area contributed by atoms with Crippen LogP contribution in [0.3, 0.4) is 0 Å². The minimum absolute atomic E-state index is 0.256. The van der Waals surface area contributed by atoms with Crippen molar-refractivity contribution < 1.29 is 19.1 Å². The monoisotopic (exact) mass is 269 g/mol. The third-order valence-electron chi connectivity index (χ3n) is 3.02. The van der Waals surface area contributed by atoms with Gasteiger partial charge < -0.3 is 14.8 Å². The second-order valence-corrected chi connectivity index (χ2v) is 4.22. The summed E-state index contributed by atoms with van der Waals surface area (Å²) in [7, 11) is 1.29. The number of carbonyl (C=O) groups is 2. The maximum absolute atomic E-state index is 12.2. The minimum atomic E-state index is -0.531. The molecule has 5 heteroatoms. The molecule has 1 N–H and O–H groups in total. The Labute approximate surface area is 115 Å². The molecule has 0 saturated heterocycles. The van der Waals surface area contributed by atoms with Crippen LogP contribution in [0.4, 0.5) is 5.69 Å². The van der Waals surface area contributed by atoms with Crippen LogP contribution in [0.2, 0.25) is 0 Å². The topological polar surface area (TPSA) is 64.6 Å². The number of hydrogen-bond donors (Lipinski definition) is 1. The van der Waals surface area contributed by atoms with E-state index >= 15 is 0 Å².